The largest absolute Gasteiger partial charge is 0.497 e. The van der Waals surface area contributed by atoms with Gasteiger partial charge in [-0.15, -0.1) is 0 Å². The van der Waals surface area contributed by atoms with Crippen LogP contribution in [-0.4, -0.2) is 27.6 Å². The smallest absolute Gasteiger partial charge is 0.257 e. The molecule has 0 atom stereocenters. The van der Waals surface area contributed by atoms with Gasteiger partial charge < -0.3 is 14.6 Å². The van der Waals surface area contributed by atoms with Crippen molar-refractivity contribution in [3.05, 3.63) is 84.1 Å². The molecule has 6 heteroatoms. The Balaban J connectivity index is 1.58. The van der Waals surface area contributed by atoms with Crippen molar-refractivity contribution in [3.63, 3.8) is 0 Å². The molecule has 28 heavy (non-hydrogen) atoms. The van der Waals surface area contributed by atoms with E-state index in [9.17, 15) is 4.79 Å². The quantitative estimate of drug-likeness (QED) is 0.574. The molecular formula is C22H20N4O2. The molecule has 2 aromatic heterocycles. The number of rotatable bonds is 5. The Labute approximate surface area is 162 Å². The Morgan fingerprint density at radius 1 is 1.18 bits per heavy atom. The van der Waals surface area contributed by atoms with Gasteiger partial charge in [0.05, 0.1) is 30.2 Å². The summed E-state index contributed by atoms with van der Waals surface area (Å²) in [5.41, 5.74) is 3.88. The van der Waals surface area contributed by atoms with Gasteiger partial charge in [0.25, 0.3) is 5.91 Å². The number of hydrogen-bond acceptors (Lipinski definition) is 4. The molecule has 2 heterocycles. The third-order valence-electron chi connectivity index (χ3n) is 4.57. The van der Waals surface area contributed by atoms with Gasteiger partial charge in [0.15, 0.2) is 0 Å². The molecule has 0 saturated carbocycles. The van der Waals surface area contributed by atoms with Crippen molar-refractivity contribution in [2.24, 2.45) is 0 Å². The van der Waals surface area contributed by atoms with E-state index < -0.39 is 0 Å². The van der Waals surface area contributed by atoms with Crippen molar-refractivity contribution >= 4 is 22.5 Å². The summed E-state index contributed by atoms with van der Waals surface area (Å²) >= 11 is 0. The highest BCUT2D eigenvalue weighted by molar-refractivity contribution is 6.06. The van der Waals surface area contributed by atoms with Gasteiger partial charge >= 0.3 is 0 Å². The maximum Gasteiger partial charge on any atom is 0.257 e. The number of aryl methyl sites for hydroxylation is 1. The number of pyridine rings is 1. The molecule has 0 bridgehead atoms. The van der Waals surface area contributed by atoms with Gasteiger partial charge in [-0.25, -0.2) is 4.98 Å². The molecule has 0 fully saturated rings. The Kier molecular flexibility index (Phi) is 4.76. The molecule has 0 aliphatic heterocycles. The lowest BCUT2D eigenvalue weighted by atomic mass is 10.1. The van der Waals surface area contributed by atoms with E-state index in [1.165, 1.54) is 0 Å². The van der Waals surface area contributed by atoms with E-state index >= 15 is 0 Å². The first-order valence-electron chi connectivity index (χ1n) is 8.94. The summed E-state index contributed by atoms with van der Waals surface area (Å²) in [7, 11) is 1.62. The monoisotopic (exact) mass is 372 g/mol. The van der Waals surface area contributed by atoms with E-state index in [4.69, 9.17) is 4.74 Å². The lowest BCUT2D eigenvalue weighted by molar-refractivity contribution is 0.102. The second-order valence-corrected chi connectivity index (χ2v) is 6.57. The van der Waals surface area contributed by atoms with Crippen molar-refractivity contribution in [1.29, 1.82) is 0 Å². The molecule has 0 radical (unpaired) electrons. The summed E-state index contributed by atoms with van der Waals surface area (Å²) in [5, 5.41) is 3.84. The number of ether oxygens (including phenoxy) is 1. The zero-order chi connectivity index (χ0) is 19.5. The number of nitrogens with zero attached hydrogens (tertiary/aromatic N) is 3. The van der Waals surface area contributed by atoms with Crippen LogP contribution in [0, 0.1) is 6.92 Å². The van der Waals surface area contributed by atoms with Gasteiger partial charge in [0.1, 0.15) is 5.75 Å². The highest BCUT2D eigenvalue weighted by Gasteiger charge is 2.13. The van der Waals surface area contributed by atoms with Gasteiger partial charge in [-0.1, -0.05) is 12.1 Å². The van der Waals surface area contributed by atoms with Gasteiger partial charge in [0.2, 0.25) is 0 Å². The summed E-state index contributed by atoms with van der Waals surface area (Å²) in [6.45, 7) is 2.54. The lowest BCUT2D eigenvalue weighted by Crippen LogP contribution is -2.14. The second kappa shape index (κ2) is 7.52. The molecule has 4 rings (SSSR count). The highest BCUT2D eigenvalue weighted by atomic mass is 16.5. The van der Waals surface area contributed by atoms with Crippen LogP contribution in [0.5, 0.6) is 5.75 Å². The number of carbonyl (C=O) groups excluding carboxylic acids is 1. The number of anilines is 1. The highest BCUT2D eigenvalue weighted by Crippen LogP contribution is 2.23. The van der Waals surface area contributed by atoms with Crippen LogP contribution in [0.3, 0.4) is 0 Å². The molecule has 0 spiro atoms. The van der Waals surface area contributed by atoms with E-state index in [0.717, 1.165) is 27.9 Å². The van der Waals surface area contributed by atoms with Crippen LogP contribution in [0.4, 0.5) is 5.69 Å². The number of imidazole rings is 1. The molecule has 2 aromatic carbocycles. The average Bonchev–Trinajstić information content (AvgIpc) is 3.20. The minimum absolute atomic E-state index is 0.186. The van der Waals surface area contributed by atoms with Crippen LogP contribution in [0.2, 0.25) is 0 Å². The Bertz CT molecular complexity index is 1140. The maximum absolute atomic E-state index is 12.9. The van der Waals surface area contributed by atoms with E-state index in [0.29, 0.717) is 17.8 Å². The number of aromatic nitrogens is 3. The molecule has 0 aliphatic rings. The van der Waals surface area contributed by atoms with Crippen molar-refractivity contribution in [1.82, 2.24) is 14.5 Å². The number of nitrogens with one attached hydrogen (secondary N) is 1. The van der Waals surface area contributed by atoms with Crippen LogP contribution >= 0.6 is 0 Å². The first-order valence-corrected chi connectivity index (χ1v) is 8.94. The van der Waals surface area contributed by atoms with Gasteiger partial charge in [-0.05, 0) is 48.9 Å². The predicted molar refractivity (Wildman–Crippen MR) is 109 cm³/mol. The third kappa shape index (κ3) is 3.71. The molecule has 1 N–H and O–H groups in total. The third-order valence-corrected chi connectivity index (χ3v) is 4.57. The average molecular weight is 372 g/mol. The van der Waals surface area contributed by atoms with E-state index in [1.807, 2.05) is 66.2 Å². The van der Waals surface area contributed by atoms with Crippen molar-refractivity contribution in [3.8, 4) is 5.75 Å². The van der Waals surface area contributed by atoms with Crippen LogP contribution in [0.25, 0.3) is 10.9 Å². The van der Waals surface area contributed by atoms with E-state index in [2.05, 4.69) is 15.3 Å². The number of methoxy groups -OCH3 is 1. The zero-order valence-corrected chi connectivity index (χ0v) is 15.7. The van der Waals surface area contributed by atoms with Crippen LogP contribution < -0.4 is 10.1 Å². The molecular weight excluding hydrogens is 352 g/mol. The molecule has 4 aromatic rings. The van der Waals surface area contributed by atoms with Crippen molar-refractivity contribution in [2.75, 3.05) is 12.4 Å². The first-order chi connectivity index (χ1) is 13.6. The van der Waals surface area contributed by atoms with Gasteiger partial charge in [0, 0.05) is 30.0 Å². The minimum atomic E-state index is -0.186. The molecule has 6 nitrogen and oxygen atoms in total. The Hall–Kier alpha value is -3.67. The maximum atomic E-state index is 12.9. The first kappa shape index (κ1) is 17.7. The van der Waals surface area contributed by atoms with Gasteiger partial charge in [-0.2, -0.15) is 0 Å². The lowest BCUT2D eigenvalue weighted by Gasteiger charge is -2.11. The Morgan fingerprint density at radius 3 is 2.86 bits per heavy atom. The van der Waals surface area contributed by atoms with E-state index in [1.54, 1.807) is 19.6 Å². The molecule has 0 unspecified atom stereocenters. The molecule has 140 valence electrons. The summed E-state index contributed by atoms with van der Waals surface area (Å²) in [6, 6.07) is 15.3. The fourth-order valence-corrected chi connectivity index (χ4v) is 3.14. The summed E-state index contributed by atoms with van der Waals surface area (Å²) in [6.07, 6.45) is 5.42. The van der Waals surface area contributed by atoms with Crippen molar-refractivity contribution in [2.45, 2.75) is 13.5 Å². The van der Waals surface area contributed by atoms with Crippen LogP contribution in [0.15, 0.2) is 67.3 Å². The topological polar surface area (TPSA) is 69.0 Å². The SMILES string of the molecule is COc1ccc2nc(C)c(C(=O)Nc3cccc(Cn4ccnc4)c3)cc2c1. The minimum Gasteiger partial charge on any atom is -0.497 e. The zero-order valence-electron chi connectivity index (χ0n) is 15.7. The van der Waals surface area contributed by atoms with Crippen LogP contribution in [-0.2, 0) is 6.54 Å². The second-order valence-electron chi connectivity index (χ2n) is 6.57. The van der Waals surface area contributed by atoms with E-state index in [-0.39, 0.29) is 5.91 Å². The predicted octanol–water partition coefficient (Wildman–Crippen LogP) is 4.05. The standard InChI is InChI=1S/C22H20N4O2/c1-15-20(12-17-11-19(28-2)6-7-21(17)24-15)22(27)25-18-5-3-4-16(10-18)13-26-9-8-23-14-26/h3-12,14H,13H2,1-2H3,(H,25,27). The number of amides is 1. The van der Waals surface area contributed by atoms with Crippen LogP contribution in [0.1, 0.15) is 21.6 Å². The summed E-state index contributed by atoms with van der Waals surface area (Å²) < 4.78 is 7.25. The van der Waals surface area contributed by atoms with Crippen molar-refractivity contribution < 1.29 is 9.53 Å². The summed E-state index contributed by atoms with van der Waals surface area (Å²) in [5.74, 6) is 0.547. The molecule has 0 aliphatic carbocycles. The normalized spacial score (nSPS) is 10.8. The number of hydrogen-bond donors (Lipinski definition) is 1. The Morgan fingerprint density at radius 2 is 2.07 bits per heavy atom. The molecule has 0 saturated heterocycles. The number of carbonyl (C=O) groups is 1. The molecule has 1 amide bonds. The fraction of sp³-hybridized carbons (Fsp3) is 0.136. The van der Waals surface area contributed by atoms with Gasteiger partial charge in [-0.3, -0.25) is 9.78 Å². The summed E-state index contributed by atoms with van der Waals surface area (Å²) in [4.78, 5) is 21.5. The fourth-order valence-electron chi connectivity index (χ4n) is 3.14. The number of benzene rings is 2. The number of fused-ring (bicyclic) bond motifs is 1.